The Bertz CT molecular complexity index is 590. The van der Waals surface area contributed by atoms with Crippen molar-refractivity contribution in [2.75, 3.05) is 46.5 Å². The van der Waals surface area contributed by atoms with Gasteiger partial charge >= 0.3 is 6.09 Å². The molecular formula is C15H22N4O5. The number of aromatic nitrogens is 2. The molecule has 24 heavy (non-hydrogen) atoms. The van der Waals surface area contributed by atoms with Crippen LogP contribution in [0.5, 0.6) is 0 Å². The fourth-order valence-electron chi connectivity index (χ4n) is 2.97. The van der Waals surface area contributed by atoms with Crippen molar-refractivity contribution < 1.29 is 23.6 Å². The Morgan fingerprint density at radius 2 is 2.29 bits per heavy atom. The second-order valence-electron chi connectivity index (χ2n) is 6.01. The van der Waals surface area contributed by atoms with Crippen molar-refractivity contribution in [2.24, 2.45) is 0 Å². The van der Waals surface area contributed by atoms with E-state index in [0.717, 1.165) is 12.8 Å². The minimum Gasteiger partial charge on any atom is -0.448 e. The van der Waals surface area contributed by atoms with Crippen molar-refractivity contribution in [3.05, 3.63) is 11.7 Å². The molecule has 0 unspecified atom stereocenters. The third-order valence-electron chi connectivity index (χ3n) is 4.31. The lowest BCUT2D eigenvalue weighted by atomic mass is 9.98. The van der Waals surface area contributed by atoms with Crippen molar-refractivity contribution in [1.29, 1.82) is 0 Å². The third-order valence-corrected chi connectivity index (χ3v) is 4.31. The number of cyclic esters (lactones) is 1. The predicted octanol–water partition coefficient (Wildman–Crippen LogP) is 0.417. The second kappa shape index (κ2) is 7.61. The molecule has 2 fully saturated rings. The molecule has 0 aliphatic carbocycles. The minimum atomic E-state index is -0.420. The van der Waals surface area contributed by atoms with Crippen LogP contribution in [0.3, 0.4) is 0 Å². The van der Waals surface area contributed by atoms with Crippen LogP contribution in [0.1, 0.15) is 30.5 Å². The molecule has 0 aromatic carbocycles. The van der Waals surface area contributed by atoms with Crippen LogP contribution in [-0.4, -0.2) is 78.4 Å². The van der Waals surface area contributed by atoms with Crippen molar-refractivity contribution in [2.45, 2.75) is 25.2 Å². The standard InChI is InChI=1S/C15H22N4O5/c1-22-7-4-12-16-14(24-17-12)11-3-2-5-18(9-11)13(20)10-19-6-8-23-15(19)21/h11H,2-10H2,1H3/t11-/m1/s1. The van der Waals surface area contributed by atoms with E-state index in [9.17, 15) is 9.59 Å². The summed E-state index contributed by atoms with van der Waals surface area (Å²) in [6.45, 7) is 2.64. The highest BCUT2D eigenvalue weighted by molar-refractivity contribution is 5.83. The number of hydrogen-bond acceptors (Lipinski definition) is 7. The summed E-state index contributed by atoms with van der Waals surface area (Å²) in [5.74, 6) is 1.16. The van der Waals surface area contributed by atoms with Crippen molar-refractivity contribution in [1.82, 2.24) is 19.9 Å². The van der Waals surface area contributed by atoms with E-state index < -0.39 is 6.09 Å². The number of carbonyl (C=O) groups excluding carboxylic acids is 2. The van der Waals surface area contributed by atoms with Crippen LogP contribution >= 0.6 is 0 Å². The smallest absolute Gasteiger partial charge is 0.410 e. The molecule has 0 saturated carbocycles. The molecule has 9 heteroatoms. The third kappa shape index (κ3) is 3.84. The molecule has 3 heterocycles. The number of methoxy groups -OCH3 is 1. The molecule has 2 saturated heterocycles. The SMILES string of the molecule is COCCc1noc([C@@H]2CCCN(C(=O)CN3CCOC3=O)C2)n1. The largest absolute Gasteiger partial charge is 0.448 e. The van der Waals surface area contributed by atoms with Crippen LogP contribution in [0.2, 0.25) is 0 Å². The van der Waals surface area contributed by atoms with E-state index >= 15 is 0 Å². The summed E-state index contributed by atoms with van der Waals surface area (Å²) in [5.41, 5.74) is 0. The van der Waals surface area contributed by atoms with Gasteiger partial charge in [0.15, 0.2) is 5.82 Å². The van der Waals surface area contributed by atoms with Gasteiger partial charge in [0.1, 0.15) is 13.2 Å². The number of likely N-dealkylation sites (tertiary alicyclic amines) is 1. The lowest BCUT2D eigenvalue weighted by Gasteiger charge is -2.31. The molecule has 1 aromatic rings. The highest BCUT2D eigenvalue weighted by atomic mass is 16.6. The van der Waals surface area contributed by atoms with Gasteiger partial charge in [-0.05, 0) is 12.8 Å². The lowest BCUT2D eigenvalue weighted by molar-refractivity contribution is -0.133. The lowest BCUT2D eigenvalue weighted by Crippen LogP contribution is -2.45. The molecule has 132 valence electrons. The maximum Gasteiger partial charge on any atom is 0.410 e. The van der Waals surface area contributed by atoms with Gasteiger partial charge in [-0.3, -0.25) is 9.69 Å². The number of piperidine rings is 1. The van der Waals surface area contributed by atoms with Gasteiger partial charge in [0.25, 0.3) is 0 Å². The first kappa shape index (κ1) is 16.7. The zero-order valence-electron chi connectivity index (χ0n) is 13.8. The van der Waals surface area contributed by atoms with Crippen molar-refractivity contribution in [3.63, 3.8) is 0 Å². The maximum atomic E-state index is 12.4. The Hall–Kier alpha value is -2.16. The van der Waals surface area contributed by atoms with Gasteiger partial charge < -0.3 is 18.9 Å². The number of amides is 2. The van der Waals surface area contributed by atoms with Gasteiger partial charge in [-0.1, -0.05) is 5.16 Å². The fraction of sp³-hybridized carbons (Fsp3) is 0.733. The first-order chi connectivity index (χ1) is 11.7. The molecule has 2 aliphatic rings. The Kier molecular flexibility index (Phi) is 5.29. The number of carbonyl (C=O) groups is 2. The zero-order chi connectivity index (χ0) is 16.9. The number of nitrogens with zero attached hydrogens (tertiary/aromatic N) is 4. The van der Waals surface area contributed by atoms with Crippen LogP contribution in [-0.2, 0) is 20.7 Å². The van der Waals surface area contributed by atoms with Crippen LogP contribution in [0.15, 0.2) is 4.52 Å². The predicted molar refractivity (Wildman–Crippen MR) is 81.4 cm³/mol. The monoisotopic (exact) mass is 338 g/mol. The summed E-state index contributed by atoms with van der Waals surface area (Å²) in [6, 6.07) is 0. The van der Waals surface area contributed by atoms with E-state index in [1.54, 1.807) is 12.0 Å². The van der Waals surface area contributed by atoms with Crippen LogP contribution in [0, 0.1) is 0 Å². The molecule has 0 radical (unpaired) electrons. The summed E-state index contributed by atoms with van der Waals surface area (Å²) in [6.07, 6.45) is 1.96. The van der Waals surface area contributed by atoms with Gasteiger partial charge in [-0.25, -0.2) is 4.79 Å². The molecule has 3 rings (SSSR count). The highest BCUT2D eigenvalue weighted by Gasteiger charge is 2.31. The number of ether oxygens (including phenoxy) is 2. The molecule has 0 spiro atoms. The van der Waals surface area contributed by atoms with Crippen molar-refractivity contribution >= 4 is 12.0 Å². The van der Waals surface area contributed by atoms with Crippen molar-refractivity contribution in [3.8, 4) is 0 Å². The summed E-state index contributed by atoms with van der Waals surface area (Å²) in [4.78, 5) is 31.5. The van der Waals surface area contributed by atoms with Gasteiger partial charge in [0.2, 0.25) is 11.8 Å². The summed E-state index contributed by atoms with van der Waals surface area (Å²) in [5, 5.41) is 3.95. The van der Waals surface area contributed by atoms with E-state index in [1.807, 2.05) is 0 Å². The Morgan fingerprint density at radius 1 is 1.42 bits per heavy atom. The minimum absolute atomic E-state index is 0.0389. The van der Waals surface area contributed by atoms with E-state index in [1.165, 1.54) is 4.90 Å². The van der Waals surface area contributed by atoms with E-state index in [-0.39, 0.29) is 18.4 Å². The second-order valence-corrected chi connectivity index (χ2v) is 6.01. The molecular weight excluding hydrogens is 316 g/mol. The summed E-state index contributed by atoms with van der Waals surface area (Å²) < 4.78 is 15.2. The van der Waals surface area contributed by atoms with Gasteiger partial charge in [-0.15, -0.1) is 0 Å². The fourth-order valence-corrected chi connectivity index (χ4v) is 2.97. The summed E-state index contributed by atoms with van der Waals surface area (Å²) >= 11 is 0. The normalized spacial score (nSPS) is 21.2. The topological polar surface area (TPSA) is 98.0 Å². The molecule has 1 atom stereocenters. The number of rotatable bonds is 6. The molecule has 9 nitrogen and oxygen atoms in total. The van der Waals surface area contributed by atoms with Gasteiger partial charge in [0.05, 0.1) is 19.1 Å². The Balaban J connectivity index is 1.56. The quantitative estimate of drug-likeness (QED) is 0.741. The number of hydrogen-bond donors (Lipinski definition) is 0. The molecule has 2 aliphatic heterocycles. The van der Waals surface area contributed by atoms with E-state index in [2.05, 4.69) is 10.1 Å². The van der Waals surface area contributed by atoms with E-state index in [0.29, 0.717) is 51.0 Å². The van der Waals surface area contributed by atoms with Crippen LogP contribution in [0.25, 0.3) is 0 Å². The average Bonchev–Trinajstić information content (AvgIpc) is 3.23. The van der Waals surface area contributed by atoms with Gasteiger partial charge in [0, 0.05) is 26.6 Å². The Labute approximate surface area is 139 Å². The Morgan fingerprint density at radius 3 is 3.04 bits per heavy atom. The molecule has 1 aromatic heterocycles. The van der Waals surface area contributed by atoms with E-state index in [4.69, 9.17) is 14.0 Å². The summed E-state index contributed by atoms with van der Waals surface area (Å²) in [7, 11) is 1.63. The molecule has 0 bridgehead atoms. The first-order valence-corrected chi connectivity index (χ1v) is 8.18. The van der Waals surface area contributed by atoms with Crippen LogP contribution < -0.4 is 0 Å². The first-order valence-electron chi connectivity index (χ1n) is 8.18. The van der Waals surface area contributed by atoms with Gasteiger partial charge in [-0.2, -0.15) is 4.98 Å². The molecule has 2 amide bonds. The average molecular weight is 338 g/mol. The highest BCUT2D eigenvalue weighted by Crippen LogP contribution is 2.26. The maximum absolute atomic E-state index is 12.4. The molecule has 0 N–H and O–H groups in total. The zero-order valence-corrected chi connectivity index (χ0v) is 13.8. The van der Waals surface area contributed by atoms with Crippen LogP contribution in [0.4, 0.5) is 4.79 Å².